The molecule has 0 fully saturated rings. The third kappa shape index (κ3) is 4.24. The van der Waals surface area contributed by atoms with Gasteiger partial charge in [0.15, 0.2) is 0 Å². The average molecular weight is 429 g/mol. The van der Waals surface area contributed by atoms with Crippen LogP contribution in [0.5, 0.6) is 5.75 Å². The van der Waals surface area contributed by atoms with Crippen molar-refractivity contribution in [3.8, 4) is 5.75 Å². The number of ether oxygens (including phenoxy) is 2. The summed E-state index contributed by atoms with van der Waals surface area (Å²) < 4.78 is 12.0. The minimum atomic E-state index is -0.874. The number of aromatic nitrogens is 2. The number of nitrogens with zero attached hydrogens (tertiary/aromatic N) is 2. The average Bonchev–Trinajstić information content (AvgIpc) is 3.14. The molecule has 158 valence electrons. The van der Waals surface area contributed by atoms with E-state index in [0.717, 1.165) is 36.1 Å². The van der Waals surface area contributed by atoms with E-state index >= 15 is 0 Å². The Bertz CT molecular complexity index is 1100. The van der Waals surface area contributed by atoms with E-state index in [4.69, 9.17) is 9.47 Å². The molecule has 8 heteroatoms. The number of aliphatic hydroxyl groups excluding tert-OH is 1. The summed E-state index contributed by atoms with van der Waals surface area (Å²) in [6, 6.07) is 6.52. The molecule has 2 aromatic heterocycles. The molecule has 0 bridgehead atoms. The van der Waals surface area contributed by atoms with Gasteiger partial charge in [0, 0.05) is 4.88 Å². The molecule has 0 radical (unpaired) electrons. The van der Waals surface area contributed by atoms with E-state index in [-0.39, 0.29) is 24.7 Å². The molecule has 0 amide bonds. The number of thiophene rings is 1. The second kappa shape index (κ2) is 8.97. The first-order valence-corrected chi connectivity index (χ1v) is 11.0. The number of aryl methyl sites for hydroxylation is 2. The number of aliphatic hydroxyl groups is 1. The van der Waals surface area contributed by atoms with Crippen molar-refractivity contribution in [2.75, 3.05) is 13.2 Å². The van der Waals surface area contributed by atoms with E-state index in [1.807, 2.05) is 0 Å². The van der Waals surface area contributed by atoms with Crippen molar-refractivity contribution in [3.05, 3.63) is 57.0 Å². The van der Waals surface area contributed by atoms with E-state index in [0.29, 0.717) is 23.3 Å². The zero-order chi connectivity index (χ0) is 21.1. The van der Waals surface area contributed by atoms with Crippen LogP contribution in [0.3, 0.4) is 0 Å². The van der Waals surface area contributed by atoms with E-state index in [1.165, 1.54) is 15.8 Å². The topological polar surface area (TPSA) is 90.7 Å². The Hall–Kier alpha value is -2.71. The van der Waals surface area contributed by atoms with Crippen molar-refractivity contribution >= 4 is 27.5 Å². The first-order chi connectivity index (χ1) is 14.6. The van der Waals surface area contributed by atoms with Crippen LogP contribution in [0.1, 0.15) is 40.6 Å². The lowest BCUT2D eigenvalue weighted by molar-refractivity contribution is 0.0526. The lowest BCUT2D eigenvalue weighted by Crippen LogP contribution is -2.30. The smallest absolute Gasteiger partial charge is 0.338 e. The van der Waals surface area contributed by atoms with E-state index in [9.17, 15) is 14.7 Å². The molecule has 2 heterocycles. The van der Waals surface area contributed by atoms with Gasteiger partial charge in [-0.2, -0.15) is 0 Å². The molecule has 1 aliphatic rings. The molecule has 1 N–H and O–H groups in total. The van der Waals surface area contributed by atoms with Crippen molar-refractivity contribution in [1.82, 2.24) is 9.55 Å². The summed E-state index contributed by atoms with van der Waals surface area (Å²) in [5, 5.41) is 11.1. The maximum atomic E-state index is 13.0. The van der Waals surface area contributed by atoms with E-state index in [1.54, 1.807) is 42.5 Å². The van der Waals surface area contributed by atoms with Gasteiger partial charge in [0.2, 0.25) is 0 Å². The first kappa shape index (κ1) is 20.6. The summed E-state index contributed by atoms with van der Waals surface area (Å²) >= 11 is 1.61. The third-order valence-corrected chi connectivity index (χ3v) is 6.36. The molecule has 7 nitrogen and oxygen atoms in total. The molecule has 0 aliphatic heterocycles. The van der Waals surface area contributed by atoms with Crippen LogP contribution in [-0.4, -0.2) is 39.9 Å². The highest BCUT2D eigenvalue weighted by Crippen LogP contribution is 2.33. The maximum Gasteiger partial charge on any atom is 0.338 e. The molecular formula is C22H24N2O5S. The fourth-order valence-corrected chi connectivity index (χ4v) is 4.90. The first-order valence-electron chi connectivity index (χ1n) is 10.1. The Morgan fingerprint density at radius 3 is 2.80 bits per heavy atom. The number of rotatable bonds is 7. The van der Waals surface area contributed by atoms with Crippen LogP contribution in [0, 0.1) is 0 Å². The highest BCUT2D eigenvalue weighted by Gasteiger charge is 2.20. The van der Waals surface area contributed by atoms with Gasteiger partial charge in [-0.3, -0.25) is 9.36 Å². The number of hydrogen-bond acceptors (Lipinski definition) is 7. The quantitative estimate of drug-likeness (QED) is 0.582. The Labute approximate surface area is 177 Å². The van der Waals surface area contributed by atoms with Crippen LogP contribution >= 0.6 is 11.3 Å². The van der Waals surface area contributed by atoms with Gasteiger partial charge in [0.25, 0.3) is 5.56 Å². The van der Waals surface area contributed by atoms with Gasteiger partial charge >= 0.3 is 5.97 Å². The van der Waals surface area contributed by atoms with Gasteiger partial charge in [0.05, 0.1) is 30.4 Å². The highest BCUT2D eigenvalue weighted by atomic mass is 32.1. The maximum absolute atomic E-state index is 13.0. The molecule has 4 rings (SSSR count). The number of carbonyl (C=O) groups excluding carboxylic acids is 1. The van der Waals surface area contributed by atoms with Gasteiger partial charge in [-0.25, -0.2) is 9.78 Å². The number of carbonyl (C=O) groups is 1. The second-order valence-electron chi connectivity index (χ2n) is 7.30. The van der Waals surface area contributed by atoms with Crippen LogP contribution in [0.2, 0.25) is 0 Å². The van der Waals surface area contributed by atoms with Crippen molar-refractivity contribution < 1.29 is 19.4 Å². The number of benzene rings is 1. The van der Waals surface area contributed by atoms with Crippen molar-refractivity contribution in [3.63, 3.8) is 0 Å². The SMILES string of the molecule is CCOC(=O)c1ccc(OCC(O)Cn2cnc3sc4c(c3c2=O)CCCC4)cc1. The summed E-state index contributed by atoms with van der Waals surface area (Å²) in [7, 11) is 0. The molecule has 1 atom stereocenters. The number of esters is 1. The van der Waals surface area contributed by atoms with Crippen molar-refractivity contribution in [2.24, 2.45) is 0 Å². The van der Waals surface area contributed by atoms with Crippen molar-refractivity contribution in [2.45, 2.75) is 45.3 Å². The van der Waals surface area contributed by atoms with Gasteiger partial charge in [-0.15, -0.1) is 11.3 Å². The lowest BCUT2D eigenvalue weighted by atomic mass is 9.97. The lowest BCUT2D eigenvalue weighted by Gasteiger charge is -2.14. The largest absolute Gasteiger partial charge is 0.491 e. The summed E-state index contributed by atoms with van der Waals surface area (Å²) in [6.45, 7) is 2.19. The molecule has 3 aromatic rings. The van der Waals surface area contributed by atoms with E-state index < -0.39 is 6.10 Å². The fourth-order valence-electron chi connectivity index (χ4n) is 3.69. The normalized spacial score (nSPS) is 14.3. The minimum absolute atomic E-state index is 0.0188. The molecular weight excluding hydrogens is 404 g/mol. The molecule has 0 spiro atoms. The molecule has 0 saturated carbocycles. The standard InChI is InChI=1S/C22H24N2O5S/c1-2-28-22(27)14-7-9-16(10-8-14)29-12-15(25)11-24-13-23-20-19(21(24)26)17-5-3-4-6-18(17)30-20/h7-10,13,15,25H,2-6,11-12H2,1H3. The molecule has 30 heavy (non-hydrogen) atoms. The molecule has 1 unspecified atom stereocenters. The van der Waals surface area contributed by atoms with Crippen LogP contribution < -0.4 is 10.3 Å². The minimum Gasteiger partial charge on any atom is -0.491 e. The second-order valence-corrected chi connectivity index (χ2v) is 8.39. The Morgan fingerprint density at radius 1 is 1.27 bits per heavy atom. The summed E-state index contributed by atoms with van der Waals surface area (Å²) in [5.74, 6) is 0.136. The van der Waals surface area contributed by atoms with Crippen LogP contribution in [0.15, 0.2) is 35.4 Å². The van der Waals surface area contributed by atoms with Gasteiger partial charge in [-0.05, 0) is 62.4 Å². The number of hydrogen-bond donors (Lipinski definition) is 1. The van der Waals surface area contributed by atoms with Gasteiger partial charge < -0.3 is 14.6 Å². The van der Waals surface area contributed by atoms with E-state index in [2.05, 4.69) is 4.98 Å². The van der Waals surface area contributed by atoms with Crippen molar-refractivity contribution in [1.29, 1.82) is 0 Å². The molecule has 1 aliphatic carbocycles. The van der Waals surface area contributed by atoms with Crippen LogP contribution in [0.25, 0.3) is 10.2 Å². The number of fused-ring (bicyclic) bond motifs is 3. The predicted octanol–water partition coefficient (Wildman–Crippen LogP) is 2.95. The Balaban J connectivity index is 1.41. The predicted molar refractivity (Wildman–Crippen MR) is 114 cm³/mol. The van der Waals surface area contributed by atoms with Crippen LogP contribution in [-0.2, 0) is 24.1 Å². The fraction of sp³-hybridized carbons (Fsp3) is 0.409. The Morgan fingerprint density at radius 2 is 2.03 bits per heavy atom. The summed E-state index contributed by atoms with van der Waals surface area (Å²) in [5.41, 5.74) is 1.48. The van der Waals surface area contributed by atoms with Gasteiger partial charge in [-0.1, -0.05) is 0 Å². The monoisotopic (exact) mass is 428 g/mol. The Kier molecular flexibility index (Phi) is 6.15. The summed E-state index contributed by atoms with van der Waals surface area (Å²) in [6.07, 6.45) is 4.82. The zero-order valence-corrected chi connectivity index (χ0v) is 17.6. The molecule has 1 aromatic carbocycles. The highest BCUT2D eigenvalue weighted by molar-refractivity contribution is 7.18. The third-order valence-electron chi connectivity index (χ3n) is 5.16. The van der Waals surface area contributed by atoms with Crippen LogP contribution in [0.4, 0.5) is 0 Å². The zero-order valence-electron chi connectivity index (χ0n) is 16.8. The van der Waals surface area contributed by atoms with Gasteiger partial charge in [0.1, 0.15) is 23.3 Å². The molecule has 0 saturated heterocycles. The summed E-state index contributed by atoms with van der Waals surface area (Å²) in [4.78, 5) is 31.1.